The quantitative estimate of drug-likeness (QED) is 0.867. The Kier molecular flexibility index (Phi) is 4.69. The summed E-state index contributed by atoms with van der Waals surface area (Å²) in [5.74, 6) is -1.97. The number of hydrogen-bond acceptors (Lipinski definition) is 3. The first-order chi connectivity index (χ1) is 9.33. The summed E-state index contributed by atoms with van der Waals surface area (Å²) >= 11 is 0. The molecule has 0 aliphatic carbocycles. The van der Waals surface area contributed by atoms with Gasteiger partial charge < -0.3 is 5.11 Å². The Hall–Kier alpha value is -1.61. The van der Waals surface area contributed by atoms with Crippen LogP contribution in [0.15, 0.2) is 24.3 Å². The molecule has 118 valence electrons. The van der Waals surface area contributed by atoms with Gasteiger partial charge in [-0.2, -0.15) is 17.9 Å². The molecule has 1 aromatic rings. The fourth-order valence-corrected chi connectivity index (χ4v) is 3.05. The van der Waals surface area contributed by atoms with Gasteiger partial charge in [0.15, 0.2) is 0 Å². The molecule has 5 nitrogen and oxygen atoms in total. The predicted octanol–water partition coefficient (Wildman–Crippen LogP) is 1.99. The van der Waals surface area contributed by atoms with Gasteiger partial charge in [0.05, 0.1) is 11.3 Å². The topological polar surface area (TPSA) is 83.5 Å². The molecule has 1 aromatic carbocycles. The minimum atomic E-state index is -4.50. The number of carbonyl (C=O) groups is 1. The monoisotopic (exact) mass is 325 g/mol. The normalized spacial score (nSPS) is 13.2. The third kappa shape index (κ3) is 5.01. The number of benzene rings is 1. The van der Waals surface area contributed by atoms with E-state index < -0.39 is 39.0 Å². The van der Waals surface area contributed by atoms with E-state index in [4.69, 9.17) is 5.11 Å². The zero-order valence-corrected chi connectivity index (χ0v) is 12.0. The molecular formula is C12H14F3NO4S. The van der Waals surface area contributed by atoms with E-state index in [1.165, 1.54) is 13.8 Å². The van der Waals surface area contributed by atoms with Gasteiger partial charge in [0, 0.05) is 0 Å². The number of alkyl halides is 3. The SMILES string of the molecule is CC(C)(NS(=O)(=O)Cc1ccc(C(F)(F)F)cc1)C(=O)O. The van der Waals surface area contributed by atoms with Crippen molar-refractivity contribution in [1.29, 1.82) is 0 Å². The molecule has 1 rings (SSSR count). The molecule has 2 N–H and O–H groups in total. The predicted molar refractivity (Wildman–Crippen MR) is 68.9 cm³/mol. The van der Waals surface area contributed by atoms with Crippen LogP contribution in [0.2, 0.25) is 0 Å². The number of nitrogens with one attached hydrogen (secondary N) is 1. The Morgan fingerprint density at radius 1 is 1.19 bits per heavy atom. The summed E-state index contributed by atoms with van der Waals surface area (Å²) < 4.78 is 62.7. The molecule has 0 atom stereocenters. The lowest BCUT2D eigenvalue weighted by Crippen LogP contribution is -2.49. The van der Waals surface area contributed by atoms with Crippen molar-refractivity contribution in [2.75, 3.05) is 0 Å². The van der Waals surface area contributed by atoms with E-state index in [2.05, 4.69) is 0 Å². The van der Waals surface area contributed by atoms with E-state index in [1.807, 2.05) is 4.72 Å². The summed E-state index contributed by atoms with van der Waals surface area (Å²) in [6.45, 7) is 2.33. The Bertz CT molecular complexity index is 621. The molecule has 0 aliphatic rings. The lowest BCUT2D eigenvalue weighted by atomic mass is 10.1. The number of sulfonamides is 1. The van der Waals surface area contributed by atoms with E-state index in [9.17, 15) is 26.4 Å². The number of carboxylic acids is 1. The van der Waals surface area contributed by atoms with Crippen molar-refractivity contribution in [2.24, 2.45) is 0 Å². The zero-order chi connectivity index (χ0) is 16.5. The highest BCUT2D eigenvalue weighted by Gasteiger charge is 2.33. The molecule has 0 bridgehead atoms. The molecule has 0 amide bonds. The van der Waals surface area contributed by atoms with Crippen LogP contribution in [0, 0.1) is 0 Å². The van der Waals surface area contributed by atoms with Gasteiger partial charge in [-0.1, -0.05) is 12.1 Å². The average Bonchev–Trinajstić information content (AvgIpc) is 2.25. The number of carboxylic acid groups (broad SMARTS) is 1. The standard InChI is InChI=1S/C12H14F3NO4S/c1-11(2,10(17)18)16-21(19,20)7-8-3-5-9(6-4-8)12(13,14)15/h3-6,16H,7H2,1-2H3,(H,17,18). The van der Waals surface area contributed by atoms with Gasteiger partial charge in [-0.15, -0.1) is 0 Å². The second-order valence-electron chi connectivity index (χ2n) is 4.99. The number of rotatable bonds is 5. The highest BCUT2D eigenvalue weighted by atomic mass is 32.2. The Balaban J connectivity index is 2.88. The summed E-state index contributed by atoms with van der Waals surface area (Å²) in [5, 5.41) is 8.84. The highest BCUT2D eigenvalue weighted by Crippen LogP contribution is 2.29. The van der Waals surface area contributed by atoms with E-state index in [-0.39, 0.29) is 5.56 Å². The molecule has 9 heteroatoms. The molecule has 0 heterocycles. The van der Waals surface area contributed by atoms with Crippen molar-refractivity contribution < 1.29 is 31.5 Å². The van der Waals surface area contributed by atoms with Gasteiger partial charge in [-0.05, 0) is 31.5 Å². The maximum Gasteiger partial charge on any atom is 0.416 e. The molecule has 0 unspecified atom stereocenters. The van der Waals surface area contributed by atoms with Crippen molar-refractivity contribution in [3.63, 3.8) is 0 Å². The molecular weight excluding hydrogens is 311 g/mol. The van der Waals surface area contributed by atoms with Crippen LogP contribution in [-0.4, -0.2) is 25.0 Å². The number of aliphatic carboxylic acids is 1. The average molecular weight is 325 g/mol. The summed E-state index contributed by atoms with van der Waals surface area (Å²) in [6, 6.07) is 3.62. The van der Waals surface area contributed by atoms with Crippen LogP contribution in [0.4, 0.5) is 13.2 Å². The van der Waals surface area contributed by atoms with Gasteiger partial charge in [0.1, 0.15) is 5.54 Å². The Morgan fingerprint density at radius 2 is 1.67 bits per heavy atom. The van der Waals surface area contributed by atoms with E-state index in [1.54, 1.807) is 0 Å². The molecule has 0 saturated carbocycles. The van der Waals surface area contributed by atoms with Crippen molar-refractivity contribution in [1.82, 2.24) is 4.72 Å². The Morgan fingerprint density at radius 3 is 2.05 bits per heavy atom. The molecule has 0 saturated heterocycles. The summed E-state index contributed by atoms with van der Waals surface area (Å²) in [7, 11) is -4.00. The highest BCUT2D eigenvalue weighted by molar-refractivity contribution is 7.88. The van der Waals surface area contributed by atoms with E-state index in [0.29, 0.717) is 0 Å². The first kappa shape index (κ1) is 17.4. The van der Waals surface area contributed by atoms with E-state index in [0.717, 1.165) is 24.3 Å². The fourth-order valence-electron chi connectivity index (χ4n) is 1.48. The van der Waals surface area contributed by atoms with Crippen molar-refractivity contribution in [3.05, 3.63) is 35.4 Å². The molecule has 0 spiro atoms. The van der Waals surface area contributed by atoms with Crippen LogP contribution in [-0.2, 0) is 26.7 Å². The smallest absolute Gasteiger partial charge is 0.416 e. The number of hydrogen-bond donors (Lipinski definition) is 2. The maximum absolute atomic E-state index is 12.4. The van der Waals surface area contributed by atoms with E-state index >= 15 is 0 Å². The molecule has 0 aromatic heterocycles. The molecule has 21 heavy (non-hydrogen) atoms. The first-order valence-corrected chi connectivity index (χ1v) is 7.40. The summed E-state index contributed by atoms with van der Waals surface area (Å²) in [4.78, 5) is 10.9. The second kappa shape index (κ2) is 5.64. The van der Waals surface area contributed by atoms with Crippen molar-refractivity contribution >= 4 is 16.0 Å². The van der Waals surface area contributed by atoms with Crippen LogP contribution < -0.4 is 4.72 Å². The van der Waals surface area contributed by atoms with Crippen LogP contribution in [0.25, 0.3) is 0 Å². The largest absolute Gasteiger partial charge is 0.480 e. The van der Waals surface area contributed by atoms with Crippen molar-refractivity contribution in [3.8, 4) is 0 Å². The second-order valence-corrected chi connectivity index (χ2v) is 6.71. The summed E-state index contributed by atoms with van der Waals surface area (Å²) in [6.07, 6.45) is -4.50. The van der Waals surface area contributed by atoms with Gasteiger partial charge >= 0.3 is 12.1 Å². The van der Waals surface area contributed by atoms with Gasteiger partial charge in [0.25, 0.3) is 0 Å². The van der Waals surface area contributed by atoms with Crippen LogP contribution in [0.3, 0.4) is 0 Å². The summed E-state index contributed by atoms with van der Waals surface area (Å²) in [5.41, 5.74) is -2.47. The van der Waals surface area contributed by atoms with Gasteiger partial charge in [-0.3, -0.25) is 4.79 Å². The fraction of sp³-hybridized carbons (Fsp3) is 0.417. The van der Waals surface area contributed by atoms with Crippen LogP contribution in [0.1, 0.15) is 25.0 Å². The molecule has 0 radical (unpaired) electrons. The molecule has 0 aliphatic heterocycles. The lowest BCUT2D eigenvalue weighted by molar-refractivity contribution is -0.142. The first-order valence-electron chi connectivity index (χ1n) is 5.75. The minimum Gasteiger partial charge on any atom is -0.480 e. The van der Waals surface area contributed by atoms with Crippen LogP contribution >= 0.6 is 0 Å². The van der Waals surface area contributed by atoms with Crippen molar-refractivity contribution in [2.45, 2.75) is 31.3 Å². The maximum atomic E-state index is 12.4. The zero-order valence-electron chi connectivity index (χ0n) is 11.2. The third-order valence-corrected chi connectivity index (χ3v) is 4.12. The van der Waals surface area contributed by atoms with Gasteiger partial charge in [-0.25, -0.2) is 8.42 Å². The lowest BCUT2D eigenvalue weighted by Gasteiger charge is -2.20. The third-order valence-electron chi connectivity index (χ3n) is 2.58. The number of halogens is 3. The van der Waals surface area contributed by atoms with Gasteiger partial charge in [0.2, 0.25) is 10.0 Å². The Labute approximate surface area is 119 Å². The van der Waals surface area contributed by atoms with Crippen LogP contribution in [0.5, 0.6) is 0 Å². The minimum absolute atomic E-state index is 0.122. The molecule has 0 fully saturated rings.